The van der Waals surface area contributed by atoms with Crippen LogP contribution < -0.4 is 5.32 Å². The molecule has 17 heavy (non-hydrogen) atoms. The Kier molecular flexibility index (Phi) is 4.84. The maximum atomic E-state index is 11.7. The van der Waals surface area contributed by atoms with Crippen LogP contribution in [-0.2, 0) is 0 Å². The summed E-state index contributed by atoms with van der Waals surface area (Å²) >= 11 is 1.23. The quantitative estimate of drug-likeness (QED) is 0.787. The third-order valence-electron chi connectivity index (χ3n) is 2.47. The Hall–Kier alpha value is -1.20. The van der Waals surface area contributed by atoms with Gasteiger partial charge in [-0.05, 0) is 18.9 Å². The van der Waals surface area contributed by atoms with Gasteiger partial charge in [-0.15, -0.1) is 11.3 Å². The number of hydrogen-bond acceptors (Lipinski definition) is 4. The molecule has 4 nitrogen and oxygen atoms in total. The van der Waals surface area contributed by atoms with Crippen LogP contribution in [0.1, 0.15) is 40.8 Å². The van der Waals surface area contributed by atoms with Gasteiger partial charge in [0.15, 0.2) is 5.78 Å². The van der Waals surface area contributed by atoms with Crippen molar-refractivity contribution in [2.24, 2.45) is 5.92 Å². The Balaban J connectivity index is 2.55. The van der Waals surface area contributed by atoms with Crippen molar-refractivity contribution in [3.63, 3.8) is 0 Å². The summed E-state index contributed by atoms with van der Waals surface area (Å²) in [4.78, 5) is 23.2. The van der Waals surface area contributed by atoms with Gasteiger partial charge in [-0.25, -0.2) is 0 Å². The Morgan fingerprint density at radius 2 is 2.12 bits per heavy atom. The van der Waals surface area contributed by atoms with Gasteiger partial charge in [-0.2, -0.15) is 0 Å². The van der Waals surface area contributed by atoms with Crippen LogP contribution in [0.3, 0.4) is 0 Å². The lowest BCUT2D eigenvalue weighted by molar-refractivity contribution is 0.0875. The number of Topliss-reactive ketones (excluding diaryl/α,β-unsaturated/α-hetero) is 1. The fourth-order valence-corrected chi connectivity index (χ4v) is 2.02. The number of carbonyl (C=O) groups is 2. The molecule has 0 aliphatic heterocycles. The first-order valence-corrected chi connectivity index (χ1v) is 6.35. The van der Waals surface area contributed by atoms with Crippen LogP contribution in [0, 0.1) is 5.92 Å². The summed E-state index contributed by atoms with van der Waals surface area (Å²) in [5.41, 5.74) is 0.546. The van der Waals surface area contributed by atoms with Crippen LogP contribution >= 0.6 is 11.3 Å². The number of aliphatic hydroxyl groups excluding tert-OH is 1. The van der Waals surface area contributed by atoms with E-state index in [0.717, 1.165) is 0 Å². The van der Waals surface area contributed by atoms with Gasteiger partial charge in [0.25, 0.3) is 5.91 Å². The Bertz CT molecular complexity index is 412. The average Bonchev–Trinajstić information content (AvgIpc) is 2.74. The zero-order chi connectivity index (χ0) is 13.0. The minimum Gasteiger partial charge on any atom is -0.391 e. The summed E-state index contributed by atoms with van der Waals surface area (Å²) in [6.45, 7) is 5.46. The fraction of sp³-hybridized carbons (Fsp3) is 0.500. The highest BCUT2D eigenvalue weighted by Gasteiger charge is 2.14. The maximum Gasteiger partial charge on any atom is 0.261 e. The molecule has 2 N–H and O–H groups in total. The molecule has 0 unspecified atom stereocenters. The van der Waals surface area contributed by atoms with Crippen molar-refractivity contribution in [1.82, 2.24) is 5.32 Å². The summed E-state index contributed by atoms with van der Waals surface area (Å²) in [6, 6.07) is 1.57. The van der Waals surface area contributed by atoms with E-state index < -0.39 is 6.10 Å². The monoisotopic (exact) mass is 255 g/mol. The number of ketones is 1. The Morgan fingerprint density at radius 1 is 1.47 bits per heavy atom. The lowest BCUT2D eigenvalue weighted by Crippen LogP contribution is -2.34. The predicted molar refractivity (Wildman–Crippen MR) is 67.5 cm³/mol. The SMILES string of the molecule is CC(=O)c1csc(C(=O)NC[C@@H](O)C(C)C)c1. The molecule has 94 valence electrons. The summed E-state index contributed by atoms with van der Waals surface area (Å²) in [5, 5.41) is 13.9. The van der Waals surface area contributed by atoms with Crippen LogP contribution in [0.5, 0.6) is 0 Å². The van der Waals surface area contributed by atoms with Crippen LogP contribution in [0.2, 0.25) is 0 Å². The third kappa shape index (κ3) is 3.94. The van der Waals surface area contributed by atoms with Gasteiger partial charge in [-0.3, -0.25) is 9.59 Å². The molecule has 0 aliphatic rings. The summed E-state index contributed by atoms with van der Waals surface area (Å²) < 4.78 is 0. The molecular weight excluding hydrogens is 238 g/mol. The fourth-order valence-electron chi connectivity index (χ4n) is 1.16. The first-order chi connectivity index (χ1) is 7.91. The van der Waals surface area contributed by atoms with Crippen molar-refractivity contribution in [2.75, 3.05) is 6.54 Å². The maximum absolute atomic E-state index is 11.7. The molecule has 5 heteroatoms. The van der Waals surface area contributed by atoms with Crippen molar-refractivity contribution in [1.29, 1.82) is 0 Å². The highest BCUT2D eigenvalue weighted by atomic mass is 32.1. The summed E-state index contributed by atoms with van der Waals surface area (Å²) in [5.74, 6) is -0.198. The van der Waals surface area contributed by atoms with E-state index in [4.69, 9.17) is 0 Å². The number of hydrogen-bond donors (Lipinski definition) is 2. The van der Waals surface area contributed by atoms with Crippen molar-refractivity contribution >= 4 is 23.0 Å². The molecule has 0 aliphatic carbocycles. The van der Waals surface area contributed by atoms with Crippen LogP contribution in [0.15, 0.2) is 11.4 Å². The molecule has 1 rings (SSSR count). The molecule has 1 heterocycles. The Labute approximate surface area is 105 Å². The smallest absolute Gasteiger partial charge is 0.261 e. The number of rotatable bonds is 5. The van der Waals surface area contributed by atoms with Crippen molar-refractivity contribution in [2.45, 2.75) is 26.9 Å². The number of amides is 1. The van der Waals surface area contributed by atoms with Crippen LogP contribution in [0.4, 0.5) is 0 Å². The molecule has 0 fully saturated rings. The van der Waals surface area contributed by atoms with E-state index in [9.17, 15) is 14.7 Å². The van der Waals surface area contributed by atoms with E-state index in [0.29, 0.717) is 10.4 Å². The van der Waals surface area contributed by atoms with Crippen molar-refractivity contribution < 1.29 is 14.7 Å². The minimum atomic E-state index is -0.550. The number of nitrogens with one attached hydrogen (secondary N) is 1. The zero-order valence-electron chi connectivity index (χ0n) is 10.2. The van der Waals surface area contributed by atoms with Gasteiger partial charge in [0, 0.05) is 17.5 Å². The molecule has 1 aromatic heterocycles. The molecule has 0 saturated carbocycles. The van der Waals surface area contributed by atoms with E-state index in [2.05, 4.69) is 5.32 Å². The molecule has 0 aromatic carbocycles. The predicted octanol–water partition coefficient (Wildman–Crippen LogP) is 1.70. The van der Waals surface area contributed by atoms with E-state index in [1.54, 1.807) is 11.4 Å². The summed E-state index contributed by atoms with van der Waals surface area (Å²) in [6.07, 6.45) is -0.550. The molecule has 1 atom stereocenters. The number of thiophene rings is 1. The first-order valence-electron chi connectivity index (χ1n) is 5.47. The normalized spacial score (nSPS) is 12.5. The zero-order valence-corrected chi connectivity index (χ0v) is 11.0. The molecule has 0 spiro atoms. The van der Waals surface area contributed by atoms with E-state index >= 15 is 0 Å². The molecule has 0 radical (unpaired) electrons. The second-order valence-electron chi connectivity index (χ2n) is 4.28. The number of carbonyl (C=O) groups excluding carboxylic acids is 2. The second-order valence-corrected chi connectivity index (χ2v) is 5.19. The van der Waals surface area contributed by atoms with E-state index in [-0.39, 0.29) is 24.2 Å². The minimum absolute atomic E-state index is 0.0532. The van der Waals surface area contributed by atoms with E-state index in [1.165, 1.54) is 18.3 Å². The van der Waals surface area contributed by atoms with Crippen LogP contribution in [-0.4, -0.2) is 29.4 Å². The summed E-state index contributed by atoms with van der Waals surface area (Å²) in [7, 11) is 0. The topological polar surface area (TPSA) is 66.4 Å². The molecular formula is C12H17NO3S. The Morgan fingerprint density at radius 3 is 2.59 bits per heavy atom. The molecule has 1 aromatic rings. The standard InChI is InChI=1S/C12H17NO3S/c1-7(2)10(15)5-13-12(16)11-4-9(6-17-11)8(3)14/h4,6-7,10,15H,5H2,1-3H3,(H,13,16)/t10-/m1/s1. The third-order valence-corrected chi connectivity index (χ3v) is 3.40. The highest BCUT2D eigenvalue weighted by Crippen LogP contribution is 2.15. The highest BCUT2D eigenvalue weighted by molar-refractivity contribution is 7.12. The first kappa shape index (κ1) is 13.9. The van der Waals surface area contributed by atoms with Crippen LogP contribution in [0.25, 0.3) is 0 Å². The van der Waals surface area contributed by atoms with E-state index in [1.807, 2.05) is 13.8 Å². The molecule has 0 saturated heterocycles. The van der Waals surface area contributed by atoms with Gasteiger partial charge in [0.05, 0.1) is 11.0 Å². The van der Waals surface area contributed by atoms with Gasteiger partial charge in [-0.1, -0.05) is 13.8 Å². The lowest BCUT2D eigenvalue weighted by Gasteiger charge is -2.14. The molecule has 1 amide bonds. The molecule has 0 bridgehead atoms. The average molecular weight is 255 g/mol. The van der Waals surface area contributed by atoms with Gasteiger partial charge >= 0.3 is 0 Å². The van der Waals surface area contributed by atoms with Crippen molar-refractivity contribution in [3.8, 4) is 0 Å². The largest absolute Gasteiger partial charge is 0.391 e. The lowest BCUT2D eigenvalue weighted by atomic mass is 10.1. The van der Waals surface area contributed by atoms with Gasteiger partial charge in [0.2, 0.25) is 0 Å². The second kappa shape index (κ2) is 5.93. The van der Waals surface area contributed by atoms with Gasteiger partial charge < -0.3 is 10.4 Å². The number of aliphatic hydroxyl groups is 1. The van der Waals surface area contributed by atoms with Crippen molar-refractivity contribution in [3.05, 3.63) is 21.9 Å². The van der Waals surface area contributed by atoms with Gasteiger partial charge in [0.1, 0.15) is 0 Å².